The van der Waals surface area contributed by atoms with Gasteiger partial charge in [-0.3, -0.25) is 9.59 Å². The van der Waals surface area contributed by atoms with Crippen molar-refractivity contribution in [3.8, 4) is 0 Å². The fraction of sp³-hybridized carbons (Fsp3) is 0.500. The number of aliphatic hydroxyl groups is 1. The normalized spacial score (nSPS) is 13.3. The first-order chi connectivity index (χ1) is 17.7. The zero-order valence-electron chi connectivity index (χ0n) is 23.9. The number of hydrogen-bond donors (Lipinski definition) is 3. The van der Waals surface area contributed by atoms with Crippen molar-refractivity contribution in [1.82, 2.24) is 15.5 Å². The molecule has 0 aliphatic heterocycles. The Morgan fingerprint density at radius 3 is 2.03 bits per heavy atom. The number of alkyl carbamates (subject to hydrolysis) is 1. The molecule has 0 aliphatic carbocycles. The molecule has 8 nitrogen and oxygen atoms in total. The van der Waals surface area contributed by atoms with Crippen molar-refractivity contribution in [2.75, 3.05) is 6.61 Å². The molecular weight excluding hydrogens is 482 g/mol. The van der Waals surface area contributed by atoms with Crippen molar-refractivity contribution in [3.63, 3.8) is 0 Å². The number of amides is 3. The second-order valence-corrected chi connectivity index (χ2v) is 11.2. The first-order valence-corrected chi connectivity index (χ1v) is 13.0. The van der Waals surface area contributed by atoms with Crippen molar-refractivity contribution >= 4 is 17.9 Å². The van der Waals surface area contributed by atoms with Gasteiger partial charge in [0.05, 0.1) is 6.61 Å². The lowest BCUT2D eigenvalue weighted by molar-refractivity contribution is -0.150. The molecule has 0 aromatic heterocycles. The predicted octanol–water partition coefficient (Wildman–Crippen LogP) is 4.56. The summed E-state index contributed by atoms with van der Waals surface area (Å²) in [5, 5.41) is 15.7. The van der Waals surface area contributed by atoms with Crippen LogP contribution in [-0.2, 0) is 20.9 Å². The van der Waals surface area contributed by atoms with E-state index >= 15 is 0 Å². The number of ether oxygens (including phenoxy) is 1. The minimum atomic E-state index is -1.30. The quantitative estimate of drug-likeness (QED) is 0.421. The van der Waals surface area contributed by atoms with Gasteiger partial charge in [0.2, 0.25) is 11.8 Å². The number of carbonyl (C=O) groups is 3. The van der Waals surface area contributed by atoms with Gasteiger partial charge in [-0.05, 0) is 77.1 Å². The van der Waals surface area contributed by atoms with Crippen LogP contribution in [0.2, 0.25) is 0 Å². The molecule has 0 fully saturated rings. The largest absolute Gasteiger partial charge is 0.444 e. The van der Waals surface area contributed by atoms with Crippen LogP contribution in [0.25, 0.3) is 0 Å². The van der Waals surface area contributed by atoms with Gasteiger partial charge in [0.1, 0.15) is 17.7 Å². The summed E-state index contributed by atoms with van der Waals surface area (Å²) in [4.78, 5) is 42.1. The first kappa shape index (κ1) is 30.8. The molecule has 2 aromatic carbocycles. The Labute approximate surface area is 226 Å². The van der Waals surface area contributed by atoms with Crippen molar-refractivity contribution in [2.45, 2.75) is 91.6 Å². The molecule has 38 heavy (non-hydrogen) atoms. The van der Waals surface area contributed by atoms with Crippen LogP contribution in [0.4, 0.5) is 4.79 Å². The fourth-order valence-corrected chi connectivity index (χ4v) is 4.27. The van der Waals surface area contributed by atoms with Crippen molar-refractivity contribution in [2.24, 2.45) is 0 Å². The van der Waals surface area contributed by atoms with Gasteiger partial charge >= 0.3 is 6.09 Å². The highest BCUT2D eigenvalue weighted by molar-refractivity contribution is 5.93. The number of rotatable bonds is 10. The van der Waals surface area contributed by atoms with E-state index in [1.54, 1.807) is 20.8 Å². The van der Waals surface area contributed by atoms with E-state index in [1.165, 1.54) is 4.90 Å². The molecule has 2 unspecified atom stereocenters. The average molecular weight is 526 g/mol. The highest BCUT2D eigenvalue weighted by atomic mass is 16.6. The SMILES string of the molecule is CCC(C)(C)N(C(=O)C(CO)NC(=O)OC(C)(C)C)C(C(=O)NCc1ccccc1)c1c(C)cccc1C. The molecular formula is C30H43N3O5. The van der Waals surface area contributed by atoms with E-state index in [-0.39, 0.29) is 12.5 Å². The Morgan fingerprint density at radius 1 is 0.947 bits per heavy atom. The molecule has 2 atom stereocenters. The molecule has 2 rings (SSSR count). The lowest BCUT2D eigenvalue weighted by Gasteiger charge is -2.45. The lowest BCUT2D eigenvalue weighted by Crippen LogP contribution is -2.60. The minimum Gasteiger partial charge on any atom is -0.444 e. The summed E-state index contributed by atoms with van der Waals surface area (Å²) < 4.78 is 5.32. The maximum absolute atomic E-state index is 14.1. The third kappa shape index (κ3) is 8.05. The zero-order chi connectivity index (χ0) is 28.7. The minimum absolute atomic E-state index is 0.287. The van der Waals surface area contributed by atoms with Crippen molar-refractivity contribution in [3.05, 3.63) is 70.8 Å². The highest BCUT2D eigenvalue weighted by Crippen LogP contribution is 2.35. The van der Waals surface area contributed by atoms with Crippen LogP contribution in [0.15, 0.2) is 48.5 Å². The molecule has 2 aromatic rings. The molecule has 0 heterocycles. The average Bonchev–Trinajstić information content (AvgIpc) is 2.84. The molecule has 0 saturated carbocycles. The van der Waals surface area contributed by atoms with Crippen LogP contribution in [0, 0.1) is 13.8 Å². The zero-order valence-corrected chi connectivity index (χ0v) is 23.9. The topological polar surface area (TPSA) is 108 Å². The Morgan fingerprint density at radius 2 is 1.53 bits per heavy atom. The van der Waals surface area contributed by atoms with Crippen LogP contribution in [0.5, 0.6) is 0 Å². The monoisotopic (exact) mass is 525 g/mol. The Bertz CT molecular complexity index is 1090. The van der Waals surface area contributed by atoms with Crippen molar-refractivity contribution < 1.29 is 24.2 Å². The van der Waals surface area contributed by atoms with Gasteiger partial charge in [-0.2, -0.15) is 0 Å². The Balaban J connectivity index is 2.58. The number of aliphatic hydroxyl groups excluding tert-OH is 1. The summed E-state index contributed by atoms with van der Waals surface area (Å²) in [6, 6.07) is 12.9. The van der Waals surface area contributed by atoms with E-state index in [0.29, 0.717) is 12.0 Å². The Kier molecular flexibility index (Phi) is 10.5. The summed E-state index contributed by atoms with van der Waals surface area (Å²) in [5.41, 5.74) is 1.76. The van der Waals surface area contributed by atoms with Crippen LogP contribution in [-0.4, -0.2) is 51.7 Å². The second-order valence-electron chi connectivity index (χ2n) is 11.2. The highest BCUT2D eigenvalue weighted by Gasteiger charge is 2.43. The number of hydrogen-bond acceptors (Lipinski definition) is 5. The molecule has 208 valence electrons. The van der Waals surface area contributed by atoms with E-state index in [9.17, 15) is 19.5 Å². The van der Waals surface area contributed by atoms with E-state index in [4.69, 9.17) is 4.74 Å². The van der Waals surface area contributed by atoms with Crippen LogP contribution < -0.4 is 10.6 Å². The summed E-state index contributed by atoms with van der Waals surface area (Å²) in [5.74, 6) is -0.928. The maximum atomic E-state index is 14.1. The molecule has 0 aliphatic rings. The molecule has 8 heteroatoms. The molecule has 0 bridgehead atoms. The maximum Gasteiger partial charge on any atom is 0.408 e. The van der Waals surface area contributed by atoms with Gasteiger partial charge in [-0.1, -0.05) is 55.5 Å². The van der Waals surface area contributed by atoms with Gasteiger partial charge in [0.25, 0.3) is 0 Å². The molecule has 3 N–H and O–H groups in total. The number of aryl methyl sites for hydroxylation is 2. The molecule has 0 radical (unpaired) electrons. The molecule has 3 amide bonds. The number of nitrogens with zero attached hydrogens (tertiary/aromatic N) is 1. The third-order valence-electron chi connectivity index (χ3n) is 6.56. The number of nitrogens with one attached hydrogen (secondary N) is 2. The van der Waals surface area contributed by atoms with E-state index in [1.807, 2.05) is 83.1 Å². The van der Waals surface area contributed by atoms with E-state index < -0.39 is 41.8 Å². The molecule has 0 spiro atoms. The molecule has 0 saturated heterocycles. The van der Waals surface area contributed by atoms with Crippen LogP contribution >= 0.6 is 0 Å². The summed E-state index contributed by atoms with van der Waals surface area (Å²) in [6.07, 6.45) is -0.298. The second kappa shape index (κ2) is 12.9. The third-order valence-corrected chi connectivity index (χ3v) is 6.56. The summed E-state index contributed by atoms with van der Waals surface area (Å²) in [6.45, 7) is 14.3. The van der Waals surface area contributed by atoms with Gasteiger partial charge in [0, 0.05) is 12.1 Å². The summed E-state index contributed by atoms with van der Waals surface area (Å²) >= 11 is 0. The van der Waals surface area contributed by atoms with E-state index in [2.05, 4.69) is 10.6 Å². The standard InChI is InChI=1S/C30H43N3O5/c1-9-30(7,8)33(27(36)23(19-34)32-28(37)38-29(4,5)6)25(24-20(2)14-13-15-21(24)3)26(35)31-18-22-16-11-10-12-17-22/h10-17,23,25,34H,9,18-19H2,1-8H3,(H,31,35)(H,32,37). The van der Waals surface area contributed by atoms with Gasteiger partial charge in [-0.15, -0.1) is 0 Å². The van der Waals surface area contributed by atoms with E-state index in [0.717, 1.165) is 16.7 Å². The number of benzene rings is 2. The van der Waals surface area contributed by atoms with Gasteiger partial charge in [0.15, 0.2) is 0 Å². The Hall–Kier alpha value is -3.39. The van der Waals surface area contributed by atoms with Crippen LogP contribution in [0.3, 0.4) is 0 Å². The van der Waals surface area contributed by atoms with Crippen molar-refractivity contribution in [1.29, 1.82) is 0 Å². The number of carbonyl (C=O) groups excluding carboxylic acids is 3. The van der Waals surface area contributed by atoms with Gasteiger partial charge in [-0.25, -0.2) is 4.79 Å². The lowest BCUT2D eigenvalue weighted by atomic mass is 9.88. The van der Waals surface area contributed by atoms with Crippen LogP contribution in [0.1, 0.15) is 76.3 Å². The predicted molar refractivity (Wildman–Crippen MR) is 148 cm³/mol. The smallest absolute Gasteiger partial charge is 0.408 e. The summed E-state index contributed by atoms with van der Waals surface area (Å²) in [7, 11) is 0. The van der Waals surface area contributed by atoms with Gasteiger partial charge < -0.3 is 25.4 Å². The fourth-order valence-electron chi connectivity index (χ4n) is 4.27. The first-order valence-electron chi connectivity index (χ1n) is 13.0.